The van der Waals surface area contributed by atoms with Crippen molar-refractivity contribution in [3.05, 3.63) is 86.6 Å². The van der Waals surface area contributed by atoms with Gasteiger partial charge in [-0.2, -0.15) is 0 Å². The molecule has 2 amide bonds. The maximum absolute atomic E-state index is 12.9. The number of ether oxygens (including phenoxy) is 2. The molecule has 0 N–H and O–H groups in total. The van der Waals surface area contributed by atoms with E-state index in [1.807, 2.05) is 0 Å². The van der Waals surface area contributed by atoms with Gasteiger partial charge in [0.2, 0.25) is 5.76 Å². The van der Waals surface area contributed by atoms with Gasteiger partial charge in [0.25, 0.3) is 11.1 Å². The number of furan rings is 1. The van der Waals surface area contributed by atoms with Crippen molar-refractivity contribution in [3.8, 4) is 11.5 Å². The highest BCUT2D eigenvalue weighted by atomic mass is 35.5. The number of amides is 2. The number of hydrogen-bond donors (Lipinski definition) is 0. The van der Waals surface area contributed by atoms with Crippen molar-refractivity contribution in [1.82, 2.24) is 4.90 Å². The third-order valence-electron chi connectivity index (χ3n) is 4.69. The highest BCUT2D eigenvalue weighted by Gasteiger charge is 2.35. The Morgan fingerprint density at radius 3 is 2.62 bits per heavy atom. The van der Waals surface area contributed by atoms with E-state index < -0.39 is 17.1 Å². The summed E-state index contributed by atoms with van der Waals surface area (Å²) in [7, 11) is 0. The van der Waals surface area contributed by atoms with Crippen LogP contribution in [0.25, 0.3) is 6.08 Å². The molecule has 0 saturated carbocycles. The lowest BCUT2D eigenvalue weighted by atomic mass is 10.1. The maximum Gasteiger partial charge on any atom is 0.379 e. The summed E-state index contributed by atoms with van der Waals surface area (Å²) >= 11 is 12.8. The summed E-state index contributed by atoms with van der Waals surface area (Å²) in [5.74, 6) is -0.518. The molecule has 2 heterocycles. The standard InChI is InChI=1S/C24H17Cl2NO6S/c1-2-31-20-11-14(6-8-18(20)33-23(29)19-4-3-9-32-19)12-21-22(28)27(24(30)34-21)13-15-5-7-16(25)17(26)10-15/h3-12H,2,13H2,1H3/b21-12-. The first-order valence-electron chi connectivity index (χ1n) is 10.1. The average Bonchev–Trinajstić information content (AvgIpc) is 3.43. The molecule has 1 aliphatic heterocycles. The molecular weight excluding hydrogens is 501 g/mol. The van der Waals surface area contributed by atoms with Crippen molar-refractivity contribution in [2.45, 2.75) is 13.5 Å². The fraction of sp³-hybridized carbons (Fsp3) is 0.125. The number of benzene rings is 2. The average molecular weight is 518 g/mol. The number of hydrogen-bond acceptors (Lipinski definition) is 7. The lowest BCUT2D eigenvalue weighted by Gasteiger charge is -2.13. The molecule has 0 unspecified atom stereocenters. The van der Waals surface area contributed by atoms with Gasteiger partial charge in [-0.1, -0.05) is 35.3 Å². The predicted octanol–water partition coefficient (Wildman–Crippen LogP) is 6.44. The van der Waals surface area contributed by atoms with Gasteiger partial charge in [-0.05, 0) is 72.3 Å². The summed E-state index contributed by atoms with van der Waals surface area (Å²) in [5.41, 5.74) is 1.28. The second kappa shape index (κ2) is 10.4. The maximum atomic E-state index is 12.9. The van der Waals surface area contributed by atoms with Gasteiger partial charge in [-0.25, -0.2) is 4.79 Å². The molecule has 0 aliphatic carbocycles. The molecule has 3 aromatic rings. The number of carbonyl (C=O) groups excluding carboxylic acids is 3. The Bertz CT molecular complexity index is 1290. The smallest absolute Gasteiger partial charge is 0.379 e. The largest absolute Gasteiger partial charge is 0.490 e. The lowest BCUT2D eigenvalue weighted by Crippen LogP contribution is -2.27. The monoisotopic (exact) mass is 517 g/mol. The molecule has 1 fully saturated rings. The van der Waals surface area contributed by atoms with Crippen molar-refractivity contribution in [2.24, 2.45) is 0 Å². The van der Waals surface area contributed by atoms with E-state index in [2.05, 4.69) is 0 Å². The minimum Gasteiger partial charge on any atom is -0.490 e. The molecule has 0 atom stereocenters. The molecule has 1 aliphatic rings. The van der Waals surface area contributed by atoms with Gasteiger partial charge >= 0.3 is 5.97 Å². The molecule has 0 bridgehead atoms. The molecule has 174 valence electrons. The van der Waals surface area contributed by atoms with Crippen LogP contribution >= 0.6 is 35.0 Å². The van der Waals surface area contributed by atoms with Gasteiger partial charge < -0.3 is 13.9 Å². The summed E-state index contributed by atoms with van der Waals surface area (Å²) in [4.78, 5) is 39.0. The van der Waals surface area contributed by atoms with Gasteiger partial charge in [-0.15, -0.1) is 0 Å². The molecule has 2 aromatic carbocycles. The Labute approximate surface area is 209 Å². The van der Waals surface area contributed by atoms with Crippen LogP contribution in [-0.2, 0) is 11.3 Å². The summed E-state index contributed by atoms with van der Waals surface area (Å²) < 4.78 is 16.0. The number of thioether (sulfide) groups is 1. The van der Waals surface area contributed by atoms with Crippen LogP contribution in [0.5, 0.6) is 11.5 Å². The fourth-order valence-electron chi connectivity index (χ4n) is 3.12. The van der Waals surface area contributed by atoms with Gasteiger partial charge in [0.15, 0.2) is 11.5 Å². The fourth-order valence-corrected chi connectivity index (χ4v) is 4.28. The van der Waals surface area contributed by atoms with Crippen molar-refractivity contribution in [2.75, 3.05) is 6.61 Å². The van der Waals surface area contributed by atoms with Crippen LogP contribution in [0.2, 0.25) is 10.0 Å². The first kappa shape index (κ1) is 23.9. The van der Waals surface area contributed by atoms with Gasteiger partial charge in [0.1, 0.15) is 0 Å². The summed E-state index contributed by atoms with van der Waals surface area (Å²) in [6.45, 7) is 2.19. The van der Waals surface area contributed by atoms with Crippen LogP contribution < -0.4 is 9.47 Å². The van der Waals surface area contributed by atoms with Crippen LogP contribution in [0.1, 0.15) is 28.6 Å². The normalized spacial score (nSPS) is 14.7. The molecule has 1 aromatic heterocycles. The van der Waals surface area contributed by atoms with Crippen LogP contribution in [0.15, 0.2) is 64.1 Å². The molecular formula is C24H17Cl2NO6S. The molecule has 1 saturated heterocycles. The van der Waals surface area contributed by atoms with Crippen molar-refractivity contribution in [3.63, 3.8) is 0 Å². The minimum atomic E-state index is -0.665. The Balaban J connectivity index is 1.53. The van der Waals surface area contributed by atoms with Crippen molar-refractivity contribution in [1.29, 1.82) is 0 Å². The third-order valence-corrected chi connectivity index (χ3v) is 6.34. The number of esters is 1. The quantitative estimate of drug-likeness (QED) is 0.202. The lowest BCUT2D eigenvalue weighted by molar-refractivity contribution is -0.123. The number of nitrogens with zero attached hydrogens (tertiary/aromatic N) is 1. The number of halogens is 2. The van der Waals surface area contributed by atoms with Crippen LogP contribution in [0.4, 0.5) is 4.79 Å². The van der Waals surface area contributed by atoms with E-state index in [4.69, 9.17) is 37.1 Å². The second-order valence-corrected chi connectivity index (χ2v) is 8.83. The Morgan fingerprint density at radius 1 is 1.09 bits per heavy atom. The van der Waals surface area contributed by atoms with Crippen LogP contribution in [-0.4, -0.2) is 28.6 Å². The topological polar surface area (TPSA) is 86.0 Å². The third kappa shape index (κ3) is 5.30. The SMILES string of the molecule is CCOc1cc(/C=C2\SC(=O)N(Cc3ccc(Cl)c(Cl)c3)C2=O)ccc1OC(=O)c1ccco1. The Morgan fingerprint density at radius 2 is 1.91 bits per heavy atom. The van der Waals surface area contributed by atoms with Crippen LogP contribution in [0, 0.1) is 0 Å². The molecule has 0 spiro atoms. The zero-order chi connectivity index (χ0) is 24.2. The number of carbonyl (C=O) groups is 3. The van der Waals surface area contributed by atoms with E-state index in [0.29, 0.717) is 33.5 Å². The van der Waals surface area contributed by atoms with Crippen LogP contribution in [0.3, 0.4) is 0 Å². The Kier molecular flexibility index (Phi) is 7.31. The van der Waals surface area contributed by atoms with Gasteiger partial charge in [0.05, 0.1) is 34.4 Å². The van der Waals surface area contributed by atoms with E-state index in [9.17, 15) is 14.4 Å². The van der Waals surface area contributed by atoms with E-state index in [1.54, 1.807) is 55.5 Å². The first-order chi connectivity index (χ1) is 16.4. The van der Waals surface area contributed by atoms with Gasteiger partial charge in [-0.3, -0.25) is 14.5 Å². The van der Waals surface area contributed by atoms with Crippen molar-refractivity contribution < 1.29 is 28.3 Å². The zero-order valence-corrected chi connectivity index (χ0v) is 20.1. The molecule has 0 radical (unpaired) electrons. The van der Waals surface area contributed by atoms with Crippen molar-refractivity contribution >= 4 is 58.2 Å². The highest BCUT2D eigenvalue weighted by molar-refractivity contribution is 8.18. The highest BCUT2D eigenvalue weighted by Crippen LogP contribution is 2.36. The summed E-state index contributed by atoms with van der Waals surface area (Å²) in [5, 5.41) is 0.345. The predicted molar refractivity (Wildman–Crippen MR) is 129 cm³/mol. The Hall–Kier alpha value is -3.20. The molecule has 10 heteroatoms. The molecule has 34 heavy (non-hydrogen) atoms. The first-order valence-corrected chi connectivity index (χ1v) is 11.6. The molecule has 4 rings (SSSR count). The summed E-state index contributed by atoms with van der Waals surface area (Å²) in [6.07, 6.45) is 2.96. The van der Waals surface area contributed by atoms with E-state index in [-0.39, 0.29) is 23.0 Å². The number of rotatable bonds is 7. The van der Waals surface area contributed by atoms with Gasteiger partial charge in [0, 0.05) is 0 Å². The summed E-state index contributed by atoms with van der Waals surface area (Å²) in [6, 6.07) is 12.8. The second-order valence-electron chi connectivity index (χ2n) is 7.02. The zero-order valence-electron chi connectivity index (χ0n) is 17.7. The molecule has 7 nitrogen and oxygen atoms in total. The minimum absolute atomic E-state index is 0.0576. The van der Waals surface area contributed by atoms with E-state index >= 15 is 0 Å². The van der Waals surface area contributed by atoms with E-state index in [1.165, 1.54) is 12.3 Å². The number of imide groups is 1. The van der Waals surface area contributed by atoms with E-state index in [0.717, 1.165) is 16.7 Å².